The Morgan fingerprint density at radius 2 is 2.03 bits per heavy atom. The number of ether oxygens (including phenoxy) is 1. The number of fused-ring (bicyclic) bond motifs is 2. The van der Waals surface area contributed by atoms with Crippen LogP contribution in [-0.2, 0) is 28.9 Å². The average molecular weight is 527 g/mol. The van der Waals surface area contributed by atoms with Gasteiger partial charge >= 0.3 is 5.97 Å². The number of benzene rings is 1. The van der Waals surface area contributed by atoms with E-state index in [1.54, 1.807) is 11.3 Å². The van der Waals surface area contributed by atoms with Crippen LogP contribution in [0.5, 0.6) is 0 Å². The second-order valence-corrected chi connectivity index (χ2v) is 11.3. The second kappa shape index (κ2) is 10.5. The number of nitrogens with zero attached hydrogens (tertiary/aromatic N) is 3. The monoisotopic (exact) mass is 526 g/mol. The van der Waals surface area contributed by atoms with Crippen molar-refractivity contribution >= 4 is 61.4 Å². The number of rotatable bonds is 8. The number of amides is 1. The van der Waals surface area contributed by atoms with Crippen LogP contribution in [0.3, 0.4) is 0 Å². The summed E-state index contributed by atoms with van der Waals surface area (Å²) >= 11 is 4.55. The van der Waals surface area contributed by atoms with Crippen LogP contribution in [0.15, 0.2) is 34.8 Å². The number of hydrogen-bond acceptors (Lipinski definition) is 8. The summed E-state index contributed by atoms with van der Waals surface area (Å²) in [7, 11) is 1.38. The van der Waals surface area contributed by atoms with Gasteiger partial charge in [-0.05, 0) is 43.7 Å². The summed E-state index contributed by atoms with van der Waals surface area (Å²) in [6.07, 6.45) is 4.87. The van der Waals surface area contributed by atoms with E-state index < -0.39 is 0 Å². The van der Waals surface area contributed by atoms with Gasteiger partial charge in [0.25, 0.3) is 0 Å². The number of nitrogens with one attached hydrogen (secondary N) is 1. The molecule has 10 heteroatoms. The van der Waals surface area contributed by atoms with Crippen molar-refractivity contribution in [2.75, 3.05) is 18.2 Å². The normalized spacial score (nSPS) is 13.1. The van der Waals surface area contributed by atoms with Gasteiger partial charge in [-0.25, -0.2) is 4.79 Å². The topological polar surface area (TPSA) is 86.1 Å². The lowest BCUT2D eigenvalue weighted by Crippen LogP contribution is -2.17. The Morgan fingerprint density at radius 3 is 2.86 bits per heavy atom. The van der Waals surface area contributed by atoms with Crippen LogP contribution in [0, 0.1) is 0 Å². The second-order valence-electron chi connectivity index (χ2n) is 8.35. The first kappa shape index (κ1) is 24.0. The minimum Gasteiger partial charge on any atom is -0.465 e. The number of methoxy groups -OCH3 is 1. The number of thiophene rings is 2. The molecule has 182 valence electrons. The van der Waals surface area contributed by atoms with E-state index in [4.69, 9.17) is 4.74 Å². The number of hydrogen-bond donors (Lipinski definition) is 1. The summed E-state index contributed by atoms with van der Waals surface area (Å²) in [4.78, 5) is 26.5. The highest BCUT2D eigenvalue weighted by atomic mass is 32.2. The molecule has 3 aromatic heterocycles. The zero-order chi connectivity index (χ0) is 24.4. The molecule has 1 N–H and O–H groups in total. The van der Waals surface area contributed by atoms with Gasteiger partial charge in [-0.2, -0.15) is 0 Å². The molecule has 0 unspecified atom stereocenters. The molecule has 4 aromatic rings. The number of esters is 1. The highest BCUT2D eigenvalue weighted by Gasteiger charge is 2.27. The fourth-order valence-electron chi connectivity index (χ4n) is 4.44. The predicted octanol–water partition coefficient (Wildman–Crippen LogP) is 6.03. The minimum absolute atomic E-state index is 0.174. The maximum absolute atomic E-state index is 12.9. The third-order valence-electron chi connectivity index (χ3n) is 6.03. The van der Waals surface area contributed by atoms with Crippen LogP contribution in [0.2, 0.25) is 0 Å². The largest absolute Gasteiger partial charge is 0.465 e. The van der Waals surface area contributed by atoms with Crippen LogP contribution >= 0.6 is 34.4 Å². The molecule has 3 heterocycles. The van der Waals surface area contributed by atoms with Gasteiger partial charge in [-0.15, -0.1) is 32.9 Å². The maximum atomic E-state index is 12.9. The van der Waals surface area contributed by atoms with Crippen LogP contribution in [0.4, 0.5) is 5.00 Å². The smallest absolute Gasteiger partial charge is 0.341 e. The Bertz CT molecular complexity index is 1390. The van der Waals surface area contributed by atoms with Crippen molar-refractivity contribution in [1.29, 1.82) is 0 Å². The Kier molecular flexibility index (Phi) is 7.22. The number of thioether (sulfide) groups is 1. The number of anilines is 1. The van der Waals surface area contributed by atoms with Gasteiger partial charge in [-0.3, -0.25) is 4.79 Å². The lowest BCUT2D eigenvalue weighted by atomic mass is 9.95. The van der Waals surface area contributed by atoms with Crippen molar-refractivity contribution in [1.82, 2.24) is 14.8 Å². The summed E-state index contributed by atoms with van der Waals surface area (Å²) in [5.74, 6) is 0.441. The van der Waals surface area contributed by atoms with Crippen LogP contribution < -0.4 is 5.32 Å². The van der Waals surface area contributed by atoms with Crippen molar-refractivity contribution in [2.24, 2.45) is 0 Å². The molecule has 1 aromatic carbocycles. The van der Waals surface area contributed by atoms with E-state index in [2.05, 4.69) is 44.5 Å². The molecule has 1 aliphatic carbocycles. The van der Waals surface area contributed by atoms with E-state index in [9.17, 15) is 9.59 Å². The van der Waals surface area contributed by atoms with Gasteiger partial charge in [0.2, 0.25) is 5.91 Å². The van der Waals surface area contributed by atoms with E-state index >= 15 is 0 Å². The van der Waals surface area contributed by atoms with Crippen LogP contribution in [0.25, 0.3) is 21.5 Å². The highest BCUT2D eigenvalue weighted by Crippen LogP contribution is 2.39. The zero-order valence-electron chi connectivity index (χ0n) is 19.6. The Hall–Kier alpha value is -2.69. The van der Waals surface area contributed by atoms with E-state index in [1.807, 2.05) is 12.1 Å². The third-order valence-corrected chi connectivity index (χ3v) is 9.17. The Morgan fingerprint density at radius 1 is 1.20 bits per heavy atom. The first-order chi connectivity index (χ1) is 17.1. The lowest BCUT2D eigenvalue weighted by Gasteiger charge is -2.11. The minimum atomic E-state index is -0.386. The van der Waals surface area contributed by atoms with Crippen molar-refractivity contribution < 1.29 is 14.3 Å². The first-order valence-corrected chi connectivity index (χ1v) is 14.3. The molecule has 7 nitrogen and oxygen atoms in total. The SMILES string of the molecule is CCCn1c(SCC(=O)Nc2sc3c(c2C(=O)OC)CCCC3)nnc1-c1csc2ccccc12. The molecule has 0 fully saturated rings. The van der Waals surface area contributed by atoms with E-state index in [0.717, 1.165) is 61.0 Å². The molecule has 1 aliphatic rings. The number of carbonyl (C=O) groups excluding carboxylic acids is 2. The zero-order valence-corrected chi connectivity index (χ0v) is 22.1. The number of aromatic nitrogens is 3. The van der Waals surface area contributed by atoms with Crippen molar-refractivity contribution in [2.45, 2.75) is 50.7 Å². The molecular weight excluding hydrogens is 501 g/mol. The highest BCUT2D eigenvalue weighted by molar-refractivity contribution is 7.99. The molecule has 5 rings (SSSR count). The fraction of sp³-hybridized carbons (Fsp3) is 0.360. The van der Waals surface area contributed by atoms with Gasteiger partial charge in [0.1, 0.15) is 5.00 Å². The van der Waals surface area contributed by atoms with Crippen molar-refractivity contribution in [3.05, 3.63) is 45.6 Å². The first-order valence-electron chi connectivity index (χ1n) is 11.7. The van der Waals surface area contributed by atoms with Gasteiger partial charge in [0, 0.05) is 32.5 Å². The summed E-state index contributed by atoms with van der Waals surface area (Å²) in [6, 6.07) is 8.28. The fourth-order valence-corrected chi connectivity index (χ4v) is 7.43. The van der Waals surface area contributed by atoms with E-state index in [0.29, 0.717) is 15.7 Å². The maximum Gasteiger partial charge on any atom is 0.341 e. The van der Waals surface area contributed by atoms with Gasteiger partial charge < -0.3 is 14.6 Å². The molecule has 0 atom stereocenters. The quantitative estimate of drug-likeness (QED) is 0.223. The van der Waals surface area contributed by atoms with Crippen molar-refractivity contribution in [3.63, 3.8) is 0 Å². The summed E-state index contributed by atoms with van der Waals surface area (Å²) in [5, 5.41) is 16.5. The Balaban J connectivity index is 1.35. The average Bonchev–Trinajstić information content (AvgIpc) is 3.57. The third kappa shape index (κ3) is 4.74. The lowest BCUT2D eigenvalue weighted by molar-refractivity contribution is -0.113. The van der Waals surface area contributed by atoms with Crippen LogP contribution in [-0.4, -0.2) is 39.5 Å². The molecule has 0 bridgehead atoms. The molecule has 1 amide bonds. The molecular formula is C25H26N4O3S3. The number of carbonyl (C=O) groups is 2. The molecule has 35 heavy (non-hydrogen) atoms. The molecule has 0 saturated heterocycles. The predicted molar refractivity (Wildman–Crippen MR) is 143 cm³/mol. The molecule has 0 spiro atoms. The van der Waals surface area contributed by atoms with E-state index in [1.165, 1.54) is 39.8 Å². The summed E-state index contributed by atoms with van der Waals surface area (Å²) in [6.45, 7) is 2.88. The van der Waals surface area contributed by atoms with Gasteiger partial charge in [0.15, 0.2) is 11.0 Å². The van der Waals surface area contributed by atoms with Crippen LogP contribution in [0.1, 0.15) is 47.0 Å². The van der Waals surface area contributed by atoms with Gasteiger partial charge in [-0.1, -0.05) is 36.9 Å². The standard InChI is InChI=1S/C25H26N4O3S3/c1-3-12-29-22(17-13-33-18-10-6-4-8-15(17)18)27-28-25(29)34-14-20(30)26-23-21(24(31)32-2)16-9-5-7-11-19(16)35-23/h4,6,8,10,13H,3,5,7,9,11-12,14H2,1-2H3,(H,26,30). The van der Waals surface area contributed by atoms with E-state index in [-0.39, 0.29) is 17.6 Å². The Labute approximate surface area is 215 Å². The summed E-state index contributed by atoms with van der Waals surface area (Å²) < 4.78 is 8.32. The summed E-state index contributed by atoms with van der Waals surface area (Å²) in [5.41, 5.74) is 2.62. The van der Waals surface area contributed by atoms with Gasteiger partial charge in [0.05, 0.1) is 18.4 Å². The molecule has 0 saturated carbocycles. The molecule has 0 aliphatic heterocycles. The molecule has 0 radical (unpaired) electrons. The van der Waals surface area contributed by atoms with Crippen molar-refractivity contribution in [3.8, 4) is 11.4 Å². The number of aryl methyl sites for hydroxylation is 1.